The van der Waals surface area contributed by atoms with Gasteiger partial charge in [-0.2, -0.15) is 0 Å². The number of amides is 2. The first-order chi connectivity index (χ1) is 13.5. The molecule has 4 atom stereocenters. The maximum atomic E-state index is 12.6. The Morgan fingerprint density at radius 1 is 0.964 bits per heavy atom. The molecule has 0 radical (unpaired) electrons. The van der Waals surface area contributed by atoms with Gasteiger partial charge in [0, 0.05) is 17.2 Å². The first kappa shape index (κ1) is 18.5. The first-order valence-electron chi connectivity index (χ1n) is 9.98. The summed E-state index contributed by atoms with van der Waals surface area (Å²) in [6.45, 7) is 2.14. The summed E-state index contributed by atoms with van der Waals surface area (Å²) in [7, 11) is 0. The highest BCUT2D eigenvalue weighted by molar-refractivity contribution is 5.94. The summed E-state index contributed by atoms with van der Waals surface area (Å²) in [5.41, 5.74) is 6.30. The number of primary amides is 1. The van der Waals surface area contributed by atoms with E-state index in [0.29, 0.717) is 28.5 Å². The Hall–Kier alpha value is -2.82. The number of rotatable bonds is 6. The van der Waals surface area contributed by atoms with Crippen LogP contribution in [-0.2, 0) is 0 Å². The minimum absolute atomic E-state index is 0.0346. The van der Waals surface area contributed by atoms with Crippen LogP contribution in [0, 0.1) is 17.8 Å². The average Bonchev–Trinajstić information content (AvgIpc) is 3.32. The van der Waals surface area contributed by atoms with Crippen LogP contribution in [0.3, 0.4) is 0 Å². The topological polar surface area (TPSA) is 81.4 Å². The minimum atomic E-state index is -0.471. The highest BCUT2D eigenvalue weighted by Crippen LogP contribution is 2.49. The van der Waals surface area contributed by atoms with Crippen molar-refractivity contribution in [1.82, 2.24) is 5.32 Å². The number of carbonyl (C=O) groups is 2. The highest BCUT2D eigenvalue weighted by atomic mass is 16.5. The van der Waals surface area contributed by atoms with Gasteiger partial charge in [-0.3, -0.25) is 9.59 Å². The number of hydrogen-bond donors (Lipinski definition) is 2. The molecule has 5 heteroatoms. The van der Waals surface area contributed by atoms with Gasteiger partial charge in [-0.1, -0.05) is 6.42 Å². The fraction of sp³-hybridized carbons (Fsp3) is 0.391. The van der Waals surface area contributed by atoms with Gasteiger partial charge >= 0.3 is 0 Å². The normalized spacial score (nSPS) is 24.0. The van der Waals surface area contributed by atoms with Crippen LogP contribution in [0.4, 0.5) is 0 Å². The van der Waals surface area contributed by atoms with Crippen LogP contribution >= 0.6 is 0 Å². The third-order valence-electron chi connectivity index (χ3n) is 6.28. The Balaban J connectivity index is 1.34. The largest absolute Gasteiger partial charge is 0.457 e. The lowest BCUT2D eigenvalue weighted by Gasteiger charge is -2.28. The molecule has 2 saturated carbocycles. The molecule has 2 amide bonds. The average molecular weight is 378 g/mol. The molecule has 3 N–H and O–H groups in total. The Labute approximate surface area is 165 Å². The van der Waals surface area contributed by atoms with E-state index in [1.54, 1.807) is 48.5 Å². The summed E-state index contributed by atoms with van der Waals surface area (Å²) in [6, 6.07) is 13.9. The van der Waals surface area contributed by atoms with Crippen molar-refractivity contribution in [3.8, 4) is 11.5 Å². The van der Waals surface area contributed by atoms with Gasteiger partial charge in [0.15, 0.2) is 0 Å². The monoisotopic (exact) mass is 378 g/mol. The van der Waals surface area contributed by atoms with Gasteiger partial charge < -0.3 is 15.8 Å². The highest BCUT2D eigenvalue weighted by Gasteiger charge is 2.42. The Morgan fingerprint density at radius 3 is 2.07 bits per heavy atom. The lowest BCUT2D eigenvalue weighted by atomic mass is 9.84. The summed E-state index contributed by atoms with van der Waals surface area (Å²) >= 11 is 0. The molecule has 2 fully saturated rings. The lowest BCUT2D eigenvalue weighted by molar-refractivity contribution is 0.0914. The van der Waals surface area contributed by atoms with E-state index in [9.17, 15) is 9.59 Å². The molecule has 0 aliphatic heterocycles. The smallest absolute Gasteiger partial charge is 0.251 e. The zero-order valence-electron chi connectivity index (χ0n) is 16.1. The zero-order chi connectivity index (χ0) is 19.7. The van der Waals surface area contributed by atoms with Gasteiger partial charge in [0.25, 0.3) is 5.91 Å². The van der Waals surface area contributed by atoms with Crippen molar-refractivity contribution in [2.45, 2.75) is 38.6 Å². The predicted octanol–water partition coefficient (Wildman–Crippen LogP) is 4.13. The lowest BCUT2D eigenvalue weighted by Crippen LogP contribution is -2.40. The zero-order valence-corrected chi connectivity index (χ0v) is 16.1. The maximum Gasteiger partial charge on any atom is 0.251 e. The fourth-order valence-corrected chi connectivity index (χ4v) is 4.80. The summed E-state index contributed by atoms with van der Waals surface area (Å²) in [5.74, 6) is 3.01. The van der Waals surface area contributed by atoms with Crippen molar-refractivity contribution in [2.24, 2.45) is 23.5 Å². The Morgan fingerprint density at radius 2 is 1.57 bits per heavy atom. The molecule has 4 unspecified atom stereocenters. The van der Waals surface area contributed by atoms with Crippen molar-refractivity contribution < 1.29 is 14.3 Å². The number of nitrogens with two attached hydrogens (primary N) is 1. The molecule has 28 heavy (non-hydrogen) atoms. The number of carbonyl (C=O) groups excluding carboxylic acids is 2. The van der Waals surface area contributed by atoms with Crippen LogP contribution in [0.5, 0.6) is 11.5 Å². The molecule has 2 aromatic carbocycles. The van der Waals surface area contributed by atoms with Gasteiger partial charge in [0.05, 0.1) is 0 Å². The van der Waals surface area contributed by atoms with Crippen LogP contribution in [0.2, 0.25) is 0 Å². The molecule has 0 saturated heterocycles. The summed E-state index contributed by atoms with van der Waals surface area (Å²) in [4.78, 5) is 23.7. The molecule has 146 valence electrons. The van der Waals surface area contributed by atoms with E-state index in [2.05, 4.69) is 12.2 Å². The second-order valence-electron chi connectivity index (χ2n) is 8.12. The third kappa shape index (κ3) is 3.88. The van der Waals surface area contributed by atoms with Gasteiger partial charge in [-0.25, -0.2) is 0 Å². The third-order valence-corrected chi connectivity index (χ3v) is 6.28. The molecule has 4 rings (SSSR count). The van der Waals surface area contributed by atoms with Gasteiger partial charge in [0.2, 0.25) is 5.91 Å². The van der Waals surface area contributed by atoms with E-state index in [1.165, 1.54) is 25.7 Å². The van der Waals surface area contributed by atoms with Crippen LogP contribution in [0.1, 0.15) is 53.3 Å². The van der Waals surface area contributed by atoms with Crippen LogP contribution < -0.4 is 15.8 Å². The van der Waals surface area contributed by atoms with E-state index in [0.717, 1.165) is 11.8 Å². The molecule has 2 aliphatic rings. The van der Waals surface area contributed by atoms with Gasteiger partial charge in [-0.15, -0.1) is 0 Å². The van der Waals surface area contributed by atoms with Crippen molar-refractivity contribution in [3.63, 3.8) is 0 Å². The van der Waals surface area contributed by atoms with E-state index in [4.69, 9.17) is 10.5 Å². The number of hydrogen-bond acceptors (Lipinski definition) is 3. The van der Waals surface area contributed by atoms with Crippen molar-refractivity contribution in [2.75, 3.05) is 0 Å². The van der Waals surface area contributed by atoms with Crippen molar-refractivity contribution in [1.29, 1.82) is 0 Å². The molecule has 5 nitrogen and oxygen atoms in total. The minimum Gasteiger partial charge on any atom is -0.457 e. The van der Waals surface area contributed by atoms with Crippen LogP contribution in [0.25, 0.3) is 0 Å². The predicted molar refractivity (Wildman–Crippen MR) is 107 cm³/mol. The number of benzene rings is 2. The van der Waals surface area contributed by atoms with E-state index >= 15 is 0 Å². The summed E-state index contributed by atoms with van der Waals surface area (Å²) in [6.07, 6.45) is 5.29. The molecule has 2 bridgehead atoms. The van der Waals surface area contributed by atoms with E-state index < -0.39 is 5.91 Å². The molecule has 0 heterocycles. The molecular formula is C23H26N2O3. The maximum absolute atomic E-state index is 12.6. The number of fused-ring (bicyclic) bond motifs is 2. The number of ether oxygens (including phenoxy) is 1. The molecule has 2 aliphatic carbocycles. The fourth-order valence-electron chi connectivity index (χ4n) is 4.80. The summed E-state index contributed by atoms with van der Waals surface area (Å²) < 4.78 is 5.76. The number of nitrogens with one attached hydrogen (secondary N) is 1. The quantitative estimate of drug-likeness (QED) is 0.793. The summed E-state index contributed by atoms with van der Waals surface area (Å²) in [5, 5.41) is 3.19. The van der Waals surface area contributed by atoms with E-state index in [1.807, 2.05) is 0 Å². The first-order valence-corrected chi connectivity index (χ1v) is 9.98. The van der Waals surface area contributed by atoms with Crippen LogP contribution in [0.15, 0.2) is 48.5 Å². The van der Waals surface area contributed by atoms with E-state index in [-0.39, 0.29) is 11.9 Å². The van der Waals surface area contributed by atoms with Gasteiger partial charge in [-0.05, 0) is 92.5 Å². The second kappa shape index (κ2) is 7.66. The van der Waals surface area contributed by atoms with Crippen molar-refractivity contribution >= 4 is 11.8 Å². The van der Waals surface area contributed by atoms with Crippen molar-refractivity contribution in [3.05, 3.63) is 59.7 Å². The molecule has 2 aromatic rings. The van der Waals surface area contributed by atoms with Crippen LogP contribution in [-0.4, -0.2) is 17.9 Å². The Bertz CT molecular complexity index is 860. The Kier molecular flexibility index (Phi) is 5.07. The molecular weight excluding hydrogens is 352 g/mol. The van der Waals surface area contributed by atoms with Gasteiger partial charge in [0.1, 0.15) is 11.5 Å². The molecule has 0 aromatic heterocycles. The standard InChI is InChI=1S/C23H26N2O3/c1-14(21-13-15-2-3-18(21)12-15)25-23(27)17-6-10-20(11-7-17)28-19-8-4-16(5-9-19)22(24)26/h4-11,14-15,18,21H,2-3,12-13H2,1H3,(H2,24,26)(H,25,27). The molecule has 0 spiro atoms. The SMILES string of the molecule is CC(NC(=O)c1ccc(Oc2ccc(C(N)=O)cc2)cc1)C1CC2CCC1C2. The second-order valence-corrected chi connectivity index (χ2v) is 8.12.